The highest BCUT2D eigenvalue weighted by Gasteiger charge is 2.22. The lowest BCUT2D eigenvalue weighted by Crippen LogP contribution is -2.49. The standard InChI is InChI=1S/C20H23ClN6O/c1-14-16(15(2)27-20(24-14)22-13-23-27)7-8-19(28)26-11-9-25(10-12-26)18-6-4-3-5-17(18)21/h3-6,13H,7-12H2,1-2H3. The van der Waals surface area contributed by atoms with Crippen LogP contribution in [0.1, 0.15) is 23.4 Å². The van der Waals surface area contributed by atoms with Gasteiger partial charge in [0.05, 0.1) is 10.7 Å². The van der Waals surface area contributed by atoms with Gasteiger partial charge < -0.3 is 9.80 Å². The maximum absolute atomic E-state index is 12.7. The first-order valence-electron chi connectivity index (χ1n) is 9.47. The molecule has 1 amide bonds. The van der Waals surface area contributed by atoms with Crippen LogP contribution < -0.4 is 4.90 Å². The van der Waals surface area contributed by atoms with Gasteiger partial charge in [0.1, 0.15) is 6.33 Å². The summed E-state index contributed by atoms with van der Waals surface area (Å²) in [6.07, 6.45) is 2.63. The number of hydrogen-bond acceptors (Lipinski definition) is 5. The molecule has 3 heterocycles. The highest BCUT2D eigenvalue weighted by molar-refractivity contribution is 6.33. The van der Waals surface area contributed by atoms with Crippen LogP contribution in [0.15, 0.2) is 30.6 Å². The average Bonchev–Trinajstić information content (AvgIpc) is 3.17. The third-order valence-electron chi connectivity index (χ3n) is 5.40. The van der Waals surface area contributed by atoms with Gasteiger partial charge in [-0.2, -0.15) is 10.1 Å². The topological polar surface area (TPSA) is 66.6 Å². The van der Waals surface area contributed by atoms with E-state index in [-0.39, 0.29) is 5.91 Å². The molecule has 0 saturated carbocycles. The van der Waals surface area contributed by atoms with E-state index < -0.39 is 0 Å². The highest BCUT2D eigenvalue weighted by atomic mass is 35.5. The summed E-state index contributed by atoms with van der Waals surface area (Å²) < 4.78 is 1.73. The molecule has 3 aromatic rings. The Balaban J connectivity index is 1.37. The number of benzene rings is 1. The Kier molecular flexibility index (Phi) is 5.17. The van der Waals surface area contributed by atoms with Crippen LogP contribution in [0.25, 0.3) is 5.78 Å². The minimum absolute atomic E-state index is 0.177. The van der Waals surface area contributed by atoms with E-state index in [4.69, 9.17) is 11.6 Å². The predicted molar refractivity (Wildman–Crippen MR) is 109 cm³/mol. The molecule has 0 atom stereocenters. The van der Waals surface area contributed by atoms with E-state index in [0.29, 0.717) is 31.7 Å². The van der Waals surface area contributed by atoms with Crippen molar-refractivity contribution in [2.24, 2.45) is 0 Å². The molecule has 1 aromatic carbocycles. The Morgan fingerprint density at radius 2 is 1.89 bits per heavy atom. The van der Waals surface area contributed by atoms with Crippen LogP contribution in [0.4, 0.5) is 5.69 Å². The molecule has 0 bridgehead atoms. The Labute approximate surface area is 168 Å². The molecule has 7 nitrogen and oxygen atoms in total. The Morgan fingerprint density at radius 1 is 1.14 bits per heavy atom. The van der Waals surface area contributed by atoms with Crippen molar-refractivity contribution < 1.29 is 4.79 Å². The van der Waals surface area contributed by atoms with Crippen molar-refractivity contribution in [1.82, 2.24) is 24.5 Å². The molecule has 0 N–H and O–H groups in total. The van der Waals surface area contributed by atoms with Gasteiger partial charge in [-0.3, -0.25) is 4.79 Å². The van der Waals surface area contributed by atoms with Crippen LogP contribution in [0.2, 0.25) is 5.02 Å². The summed E-state index contributed by atoms with van der Waals surface area (Å²) in [6.45, 7) is 6.97. The zero-order valence-electron chi connectivity index (χ0n) is 16.1. The Bertz CT molecular complexity index is 1010. The lowest BCUT2D eigenvalue weighted by atomic mass is 10.1. The van der Waals surface area contributed by atoms with Gasteiger partial charge in [-0.1, -0.05) is 23.7 Å². The number of carbonyl (C=O) groups is 1. The molecule has 1 aliphatic rings. The molecule has 0 unspecified atom stereocenters. The quantitative estimate of drug-likeness (QED) is 0.676. The van der Waals surface area contributed by atoms with E-state index in [1.807, 2.05) is 43.0 Å². The van der Waals surface area contributed by atoms with Crippen molar-refractivity contribution in [3.63, 3.8) is 0 Å². The second kappa shape index (κ2) is 7.75. The summed E-state index contributed by atoms with van der Waals surface area (Å²) >= 11 is 6.30. The van der Waals surface area contributed by atoms with Crippen molar-refractivity contribution in [2.45, 2.75) is 26.7 Å². The van der Waals surface area contributed by atoms with E-state index in [9.17, 15) is 4.79 Å². The van der Waals surface area contributed by atoms with Gasteiger partial charge in [0.2, 0.25) is 5.91 Å². The van der Waals surface area contributed by atoms with Gasteiger partial charge in [0.15, 0.2) is 0 Å². The Hall–Kier alpha value is -2.67. The number of rotatable bonds is 4. The number of hydrogen-bond donors (Lipinski definition) is 0. The van der Waals surface area contributed by atoms with Crippen molar-refractivity contribution in [2.75, 3.05) is 31.1 Å². The first-order valence-corrected chi connectivity index (χ1v) is 9.85. The molecule has 146 valence electrons. The minimum Gasteiger partial charge on any atom is -0.367 e. The van der Waals surface area contributed by atoms with Gasteiger partial charge >= 0.3 is 0 Å². The first kappa shape index (κ1) is 18.7. The molecule has 1 saturated heterocycles. The zero-order valence-corrected chi connectivity index (χ0v) is 16.9. The number of aromatic nitrogens is 4. The lowest BCUT2D eigenvalue weighted by molar-refractivity contribution is -0.131. The molecular weight excluding hydrogens is 376 g/mol. The predicted octanol–water partition coefficient (Wildman–Crippen LogP) is 2.68. The monoisotopic (exact) mass is 398 g/mol. The van der Waals surface area contributed by atoms with E-state index in [1.54, 1.807) is 4.52 Å². The lowest BCUT2D eigenvalue weighted by Gasteiger charge is -2.36. The average molecular weight is 399 g/mol. The number of para-hydroxylation sites is 1. The Morgan fingerprint density at radius 3 is 2.64 bits per heavy atom. The van der Waals surface area contributed by atoms with Crippen LogP contribution in [0.5, 0.6) is 0 Å². The third kappa shape index (κ3) is 3.54. The van der Waals surface area contributed by atoms with Gasteiger partial charge in [-0.05, 0) is 38.0 Å². The number of piperazine rings is 1. The number of fused-ring (bicyclic) bond motifs is 1. The smallest absolute Gasteiger partial charge is 0.252 e. The molecule has 0 spiro atoms. The molecule has 2 aromatic heterocycles. The van der Waals surface area contributed by atoms with Crippen LogP contribution in [0.3, 0.4) is 0 Å². The van der Waals surface area contributed by atoms with Crippen LogP contribution in [0, 0.1) is 13.8 Å². The molecule has 0 aliphatic carbocycles. The summed E-state index contributed by atoms with van der Waals surface area (Å²) in [6, 6.07) is 7.85. The normalized spacial score (nSPS) is 14.7. The number of halogens is 1. The summed E-state index contributed by atoms with van der Waals surface area (Å²) in [5.41, 5.74) is 4.02. The second-order valence-electron chi connectivity index (χ2n) is 7.05. The summed E-state index contributed by atoms with van der Waals surface area (Å²) in [5.74, 6) is 0.775. The van der Waals surface area contributed by atoms with E-state index >= 15 is 0 Å². The fraction of sp³-hybridized carbons (Fsp3) is 0.400. The zero-order chi connectivity index (χ0) is 19.7. The van der Waals surface area contributed by atoms with Gasteiger partial charge in [-0.25, -0.2) is 9.50 Å². The first-order chi connectivity index (χ1) is 13.5. The van der Waals surface area contributed by atoms with E-state index in [1.165, 1.54) is 6.33 Å². The van der Waals surface area contributed by atoms with E-state index in [2.05, 4.69) is 20.0 Å². The molecule has 4 rings (SSSR count). The number of aryl methyl sites for hydroxylation is 2. The SMILES string of the molecule is Cc1nc2ncnn2c(C)c1CCC(=O)N1CCN(c2ccccc2Cl)CC1. The van der Waals surface area contributed by atoms with Crippen LogP contribution in [-0.4, -0.2) is 56.6 Å². The highest BCUT2D eigenvalue weighted by Crippen LogP contribution is 2.26. The van der Waals surface area contributed by atoms with Crippen molar-refractivity contribution in [3.8, 4) is 0 Å². The molecular formula is C20H23ClN6O. The number of carbonyl (C=O) groups excluding carboxylic acids is 1. The molecule has 1 fully saturated rings. The maximum Gasteiger partial charge on any atom is 0.252 e. The molecule has 0 radical (unpaired) electrons. The number of nitrogens with zero attached hydrogens (tertiary/aromatic N) is 6. The van der Waals surface area contributed by atoms with Crippen LogP contribution >= 0.6 is 11.6 Å². The minimum atomic E-state index is 0.177. The summed E-state index contributed by atoms with van der Waals surface area (Å²) in [7, 11) is 0. The largest absolute Gasteiger partial charge is 0.367 e. The van der Waals surface area contributed by atoms with Crippen molar-refractivity contribution >= 4 is 29.0 Å². The summed E-state index contributed by atoms with van der Waals surface area (Å²) in [5, 5.41) is 4.97. The van der Waals surface area contributed by atoms with Gasteiger partial charge in [0, 0.05) is 44.0 Å². The van der Waals surface area contributed by atoms with Gasteiger partial charge in [0.25, 0.3) is 5.78 Å². The second-order valence-corrected chi connectivity index (χ2v) is 7.46. The number of amides is 1. The maximum atomic E-state index is 12.7. The number of anilines is 1. The molecule has 28 heavy (non-hydrogen) atoms. The summed E-state index contributed by atoms with van der Waals surface area (Å²) in [4.78, 5) is 25.6. The fourth-order valence-electron chi connectivity index (χ4n) is 3.81. The van der Waals surface area contributed by atoms with Gasteiger partial charge in [-0.15, -0.1) is 0 Å². The van der Waals surface area contributed by atoms with Crippen molar-refractivity contribution in [3.05, 3.63) is 52.6 Å². The molecule has 8 heteroatoms. The van der Waals surface area contributed by atoms with Crippen LogP contribution in [-0.2, 0) is 11.2 Å². The molecule has 1 aliphatic heterocycles. The van der Waals surface area contributed by atoms with Crippen molar-refractivity contribution in [1.29, 1.82) is 0 Å². The third-order valence-corrected chi connectivity index (χ3v) is 5.72. The fourth-order valence-corrected chi connectivity index (χ4v) is 4.07. The van der Waals surface area contributed by atoms with E-state index in [0.717, 1.165) is 40.8 Å².